The maximum absolute atomic E-state index is 11.2. The zero-order valence-electron chi connectivity index (χ0n) is 12.6. The van der Waals surface area contributed by atoms with Crippen molar-refractivity contribution in [2.24, 2.45) is 0 Å². The van der Waals surface area contributed by atoms with Crippen molar-refractivity contribution in [3.63, 3.8) is 0 Å². The lowest BCUT2D eigenvalue weighted by molar-refractivity contribution is 0.0963. The molecule has 5 nitrogen and oxygen atoms in total. The average molecular weight is 312 g/mol. The van der Waals surface area contributed by atoms with Crippen LogP contribution >= 0.6 is 0 Å². The Hall–Kier alpha value is -0.950. The van der Waals surface area contributed by atoms with Crippen LogP contribution in [0, 0.1) is 6.92 Å². The molecule has 0 spiro atoms. The lowest BCUT2D eigenvalue weighted by Gasteiger charge is -2.33. The predicted octanol–water partition coefficient (Wildman–Crippen LogP) is 1.04. The molecule has 0 aromatic heterocycles. The van der Waals surface area contributed by atoms with Gasteiger partial charge < -0.3 is 10.0 Å². The fraction of sp³-hybridized carbons (Fsp3) is 0.600. The van der Waals surface area contributed by atoms with Gasteiger partial charge in [-0.05, 0) is 38.4 Å². The van der Waals surface area contributed by atoms with Crippen molar-refractivity contribution in [2.45, 2.75) is 31.9 Å². The van der Waals surface area contributed by atoms with Crippen molar-refractivity contribution < 1.29 is 13.5 Å². The van der Waals surface area contributed by atoms with Gasteiger partial charge in [-0.2, -0.15) is 0 Å². The molecule has 2 N–H and O–H groups in total. The number of rotatable bonds is 5. The number of aryl methyl sites for hydroxylation is 1. The number of likely N-dealkylation sites (tertiary alicyclic amines) is 1. The molecular weight excluding hydrogens is 288 g/mol. The molecule has 0 amide bonds. The van der Waals surface area contributed by atoms with Crippen molar-refractivity contribution in [3.8, 4) is 0 Å². The molecule has 0 bridgehead atoms. The average Bonchev–Trinajstić information content (AvgIpc) is 2.40. The Morgan fingerprint density at radius 3 is 2.38 bits per heavy atom. The van der Waals surface area contributed by atoms with Crippen molar-refractivity contribution >= 4 is 10.0 Å². The molecule has 118 valence electrons. The number of sulfonamides is 1. The molecule has 1 heterocycles. The zero-order chi connectivity index (χ0) is 15.5. The summed E-state index contributed by atoms with van der Waals surface area (Å²) in [5, 5.41) is 10.3. The molecule has 1 fully saturated rings. The third-order valence-electron chi connectivity index (χ3n) is 3.86. The van der Waals surface area contributed by atoms with E-state index in [2.05, 4.69) is 9.62 Å². The summed E-state index contributed by atoms with van der Waals surface area (Å²) in [6.45, 7) is 4.22. The van der Waals surface area contributed by atoms with Crippen LogP contribution in [0.2, 0.25) is 0 Å². The second-order valence-corrected chi connectivity index (χ2v) is 7.67. The van der Waals surface area contributed by atoms with Crippen LogP contribution in [-0.2, 0) is 10.0 Å². The highest BCUT2D eigenvalue weighted by atomic mass is 32.2. The fourth-order valence-corrected chi connectivity index (χ4v) is 3.52. The van der Waals surface area contributed by atoms with Gasteiger partial charge in [-0.25, -0.2) is 13.1 Å². The number of β-amino-alcohol motifs (C(OH)–C–C–N with tert-alkyl or cyclic N) is 1. The normalized spacial score (nSPS) is 19.6. The van der Waals surface area contributed by atoms with Crippen molar-refractivity contribution in [3.05, 3.63) is 35.4 Å². The van der Waals surface area contributed by atoms with E-state index in [9.17, 15) is 13.5 Å². The molecule has 1 saturated heterocycles. The minimum absolute atomic E-state index is 0.0211. The third-order valence-corrected chi connectivity index (χ3v) is 4.62. The summed E-state index contributed by atoms with van der Waals surface area (Å²) in [4.78, 5) is 2.19. The van der Waals surface area contributed by atoms with Crippen molar-refractivity contribution in [1.82, 2.24) is 9.62 Å². The largest absolute Gasteiger partial charge is 0.387 e. The van der Waals surface area contributed by atoms with E-state index in [1.807, 2.05) is 31.2 Å². The molecule has 1 aromatic carbocycles. The molecule has 0 aliphatic carbocycles. The summed E-state index contributed by atoms with van der Waals surface area (Å²) in [7, 11) is -3.13. The summed E-state index contributed by atoms with van der Waals surface area (Å²) in [6.07, 6.45) is 2.27. The number of aliphatic hydroxyl groups is 1. The first kappa shape index (κ1) is 16.4. The molecule has 6 heteroatoms. The highest BCUT2D eigenvalue weighted by molar-refractivity contribution is 7.88. The maximum atomic E-state index is 11.2. The van der Waals surface area contributed by atoms with Crippen LogP contribution in [0.3, 0.4) is 0 Å². The second kappa shape index (κ2) is 6.87. The van der Waals surface area contributed by atoms with Gasteiger partial charge in [0.05, 0.1) is 12.4 Å². The quantitative estimate of drug-likeness (QED) is 0.852. The Labute approximate surface area is 127 Å². The van der Waals surface area contributed by atoms with Crippen LogP contribution in [0.25, 0.3) is 0 Å². The number of nitrogens with zero attached hydrogens (tertiary/aromatic N) is 1. The van der Waals surface area contributed by atoms with Crippen LogP contribution < -0.4 is 4.72 Å². The lowest BCUT2D eigenvalue weighted by atomic mass is 10.0. The summed E-state index contributed by atoms with van der Waals surface area (Å²) in [6, 6.07) is 7.94. The Kier molecular flexibility index (Phi) is 5.37. The first-order valence-corrected chi connectivity index (χ1v) is 9.17. The highest BCUT2D eigenvalue weighted by Crippen LogP contribution is 2.18. The lowest BCUT2D eigenvalue weighted by Crippen LogP contribution is -2.45. The zero-order valence-corrected chi connectivity index (χ0v) is 13.4. The van der Waals surface area contributed by atoms with E-state index in [1.165, 1.54) is 11.8 Å². The predicted molar refractivity (Wildman–Crippen MR) is 83.6 cm³/mol. The van der Waals surface area contributed by atoms with Crippen LogP contribution in [0.5, 0.6) is 0 Å². The number of benzene rings is 1. The van der Waals surface area contributed by atoms with Gasteiger partial charge in [-0.3, -0.25) is 0 Å². The number of hydrogen-bond donors (Lipinski definition) is 2. The summed E-state index contributed by atoms with van der Waals surface area (Å²) >= 11 is 0. The van der Waals surface area contributed by atoms with Gasteiger partial charge in [-0.15, -0.1) is 0 Å². The minimum Gasteiger partial charge on any atom is -0.387 e. The number of aliphatic hydroxyl groups excluding tert-OH is 1. The SMILES string of the molecule is Cc1ccc(C(O)CN2CCC(NS(C)(=O)=O)CC2)cc1. The van der Waals surface area contributed by atoms with Gasteiger partial charge in [0.2, 0.25) is 10.0 Å². The monoisotopic (exact) mass is 312 g/mol. The standard InChI is InChI=1S/C15H24N2O3S/c1-12-3-5-13(6-4-12)15(18)11-17-9-7-14(8-10-17)16-21(2,19)20/h3-6,14-16,18H,7-11H2,1-2H3. The highest BCUT2D eigenvalue weighted by Gasteiger charge is 2.23. The van der Waals surface area contributed by atoms with E-state index in [0.29, 0.717) is 6.54 Å². The topological polar surface area (TPSA) is 69.6 Å². The Morgan fingerprint density at radius 1 is 1.29 bits per heavy atom. The van der Waals surface area contributed by atoms with Gasteiger partial charge in [0.25, 0.3) is 0 Å². The molecule has 0 saturated carbocycles. The van der Waals surface area contributed by atoms with Gasteiger partial charge >= 0.3 is 0 Å². The Morgan fingerprint density at radius 2 is 1.86 bits per heavy atom. The van der Waals surface area contributed by atoms with Crippen LogP contribution in [-0.4, -0.2) is 50.4 Å². The first-order valence-electron chi connectivity index (χ1n) is 7.28. The molecule has 21 heavy (non-hydrogen) atoms. The molecular formula is C15H24N2O3S. The molecule has 1 aliphatic heterocycles. The first-order chi connectivity index (χ1) is 9.83. The minimum atomic E-state index is -3.13. The fourth-order valence-electron chi connectivity index (χ4n) is 2.67. The smallest absolute Gasteiger partial charge is 0.208 e. The molecule has 1 unspecified atom stereocenters. The van der Waals surface area contributed by atoms with Crippen molar-refractivity contribution in [2.75, 3.05) is 25.9 Å². The number of piperidine rings is 1. The van der Waals surface area contributed by atoms with Crippen molar-refractivity contribution in [1.29, 1.82) is 0 Å². The van der Waals surface area contributed by atoms with Crippen LogP contribution in [0.4, 0.5) is 0 Å². The van der Waals surface area contributed by atoms with Gasteiger partial charge in [0, 0.05) is 12.6 Å². The van der Waals surface area contributed by atoms with E-state index in [1.54, 1.807) is 0 Å². The van der Waals surface area contributed by atoms with E-state index >= 15 is 0 Å². The van der Waals surface area contributed by atoms with E-state index in [4.69, 9.17) is 0 Å². The van der Waals surface area contributed by atoms with Gasteiger partial charge in [-0.1, -0.05) is 29.8 Å². The second-order valence-electron chi connectivity index (χ2n) is 5.89. The molecule has 1 atom stereocenters. The summed E-state index contributed by atoms with van der Waals surface area (Å²) < 4.78 is 25.1. The Balaban J connectivity index is 1.82. The van der Waals surface area contributed by atoms with E-state index in [0.717, 1.165) is 31.5 Å². The van der Waals surface area contributed by atoms with Crippen LogP contribution in [0.1, 0.15) is 30.1 Å². The van der Waals surface area contributed by atoms with E-state index in [-0.39, 0.29) is 6.04 Å². The van der Waals surface area contributed by atoms with E-state index < -0.39 is 16.1 Å². The van der Waals surface area contributed by atoms with Crippen LogP contribution in [0.15, 0.2) is 24.3 Å². The van der Waals surface area contributed by atoms with Gasteiger partial charge in [0.15, 0.2) is 0 Å². The Bertz CT molecular complexity index is 549. The molecule has 1 aliphatic rings. The third kappa shape index (κ3) is 5.39. The maximum Gasteiger partial charge on any atom is 0.208 e. The molecule has 1 aromatic rings. The summed E-state index contributed by atoms with van der Waals surface area (Å²) in [5.41, 5.74) is 2.11. The summed E-state index contributed by atoms with van der Waals surface area (Å²) in [5.74, 6) is 0. The molecule has 0 radical (unpaired) electrons. The molecule has 2 rings (SSSR count). The number of hydrogen-bond acceptors (Lipinski definition) is 4. The van der Waals surface area contributed by atoms with Gasteiger partial charge in [0.1, 0.15) is 0 Å². The number of nitrogens with one attached hydrogen (secondary N) is 1.